The highest BCUT2D eigenvalue weighted by Crippen LogP contribution is 2.54. The summed E-state index contributed by atoms with van der Waals surface area (Å²) in [6.45, 7) is 4.71. The molecule has 0 unspecified atom stereocenters. The van der Waals surface area contributed by atoms with Gasteiger partial charge in [-0.2, -0.15) is 0 Å². The Kier molecular flexibility index (Phi) is 8.57. The van der Waals surface area contributed by atoms with Crippen molar-refractivity contribution >= 4 is 38.6 Å². The van der Waals surface area contributed by atoms with Crippen molar-refractivity contribution in [2.24, 2.45) is 0 Å². The maximum absolute atomic E-state index is 2.44. The lowest BCUT2D eigenvalue weighted by molar-refractivity contribution is 0.660. The van der Waals surface area contributed by atoms with Crippen molar-refractivity contribution in [3.8, 4) is 55.6 Å². The molecular weight excluding hydrogens is 723 g/mol. The molecule has 0 bridgehead atoms. The van der Waals surface area contributed by atoms with Gasteiger partial charge in [0.1, 0.15) is 0 Å². The van der Waals surface area contributed by atoms with Gasteiger partial charge in [-0.25, -0.2) is 0 Å². The van der Waals surface area contributed by atoms with Crippen LogP contribution in [0.25, 0.3) is 77.2 Å². The molecule has 1 heteroatoms. The van der Waals surface area contributed by atoms with E-state index < -0.39 is 0 Å². The molecule has 0 amide bonds. The van der Waals surface area contributed by atoms with Crippen LogP contribution in [0.5, 0.6) is 0 Å². The monoisotopic (exact) mass is 765 g/mol. The molecule has 284 valence electrons. The highest BCUT2D eigenvalue weighted by Gasteiger charge is 2.37. The number of fused-ring (bicyclic) bond motifs is 5. The molecule has 0 atom stereocenters. The van der Waals surface area contributed by atoms with Gasteiger partial charge in [-0.1, -0.05) is 202 Å². The van der Waals surface area contributed by atoms with Crippen molar-refractivity contribution in [1.29, 1.82) is 0 Å². The van der Waals surface area contributed by atoms with Gasteiger partial charge in [0.25, 0.3) is 0 Å². The summed E-state index contributed by atoms with van der Waals surface area (Å²) in [7, 11) is 0. The first kappa shape index (κ1) is 35.7. The fraction of sp³-hybridized carbons (Fsp3) is 0.0508. The van der Waals surface area contributed by atoms with Crippen LogP contribution in [-0.2, 0) is 5.41 Å². The largest absolute Gasteiger partial charge is 0.310 e. The van der Waals surface area contributed by atoms with Crippen molar-refractivity contribution in [3.05, 3.63) is 236 Å². The molecule has 10 aromatic carbocycles. The minimum absolute atomic E-state index is 0.0987. The Morgan fingerprint density at radius 3 is 1.43 bits per heavy atom. The fourth-order valence-electron chi connectivity index (χ4n) is 9.50. The quantitative estimate of drug-likeness (QED) is 0.156. The Morgan fingerprint density at radius 1 is 0.317 bits per heavy atom. The zero-order valence-corrected chi connectivity index (χ0v) is 33.8. The van der Waals surface area contributed by atoms with E-state index in [-0.39, 0.29) is 5.41 Å². The maximum atomic E-state index is 2.44. The Morgan fingerprint density at radius 2 is 0.767 bits per heavy atom. The van der Waals surface area contributed by atoms with Gasteiger partial charge >= 0.3 is 0 Å². The first-order valence-corrected chi connectivity index (χ1v) is 20.9. The summed E-state index contributed by atoms with van der Waals surface area (Å²) in [4.78, 5) is 2.44. The highest BCUT2D eigenvalue weighted by atomic mass is 15.1. The molecule has 0 saturated carbocycles. The second-order valence-electron chi connectivity index (χ2n) is 16.5. The van der Waals surface area contributed by atoms with Gasteiger partial charge in [0.05, 0.1) is 5.69 Å². The van der Waals surface area contributed by atoms with Gasteiger partial charge in [0.15, 0.2) is 0 Å². The summed E-state index contributed by atoms with van der Waals surface area (Å²) < 4.78 is 0. The lowest BCUT2D eigenvalue weighted by Gasteiger charge is -2.29. The van der Waals surface area contributed by atoms with E-state index in [0.29, 0.717) is 0 Å². The Labute approximate surface area is 352 Å². The molecule has 11 rings (SSSR count). The number of rotatable bonds is 7. The van der Waals surface area contributed by atoms with Gasteiger partial charge < -0.3 is 4.90 Å². The predicted molar refractivity (Wildman–Crippen MR) is 255 cm³/mol. The van der Waals surface area contributed by atoms with Crippen molar-refractivity contribution < 1.29 is 0 Å². The summed E-state index contributed by atoms with van der Waals surface area (Å²) in [5.74, 6) is 0. The molecule has 1 aliphatic carbocycles. The van der Waals surface area contributed by atoms with Crippen LogP contribution >= 0.6 is 0 Å². The number of hydrogen-bond acceptors (Lipinski definition) is 1. The fourth-order valence-corrected chi connectivity index (χ4v) is 9.50. The molecule has 1 nitrogen and oxygen atoms in total. The molecule has 0 aliphatic heterocycles. The Bertz CT molecular complexity index is 3180. The highest BCUT2D eigenvalue weighted by molar-refractivity contribution is 5.98. The van der Waals surface area contributed by atoms with E-state index in [1.54, 1.807) is 0 Å². The Hall–Kier alpha value is -7.48. The third kappa shape index (κ3) is 6.10. The Balaban J connectivity index is 0.951. The topological polar surface area (TPSA) is 3.24 Å². The number of benzene rings is 10. The number of anilines is 3. The summed E-state index contributed by atoms with van der Waals surface area (Å²) in [5, 5.41) is 5.06. The summed E-state index contributed by atoms with van der Waals surface area (Å²) >= 11 is 0. The van der Waals surface area contributed by atoms with Crippen LogP contribution in [-0.4, -0.2) is 0 Å². The van der Waals surface area contributed by atoms with E-state index >= 15 is 0 Å². The van der Waals surface area contributed by atoms with E-state index in [4.69, 9.17) is 0 Å². The second kappa shape index (κ2) is 14.4. The average molecular weight is 766 g/mol. The molecule has 0 heterocycles. The number of nitrogens with zero attached hydrogens (tertiary/aromatic N) is 1. The van der Waals surface area contributed by atoms with Crippen molar-refractivity contribution in [2.75, 3.05) is 4.90 Å². The molecule has 0 fully saturated rings. The summed E-state index contributed by atoms with van der Waals surface area (Å²) in [6, 6.07) is 82.3. The van der Waals surface area contributed by atoms with Crippen molar-refractivity contribution in [1.82, 2.24) is 0 Å². The van der Waals surface area contributed by atoms with Gasteiger partial charge in [-0.15, -0.1) is 0 Å². The molecule has 0 spiro atoms. The van der Waals surface area contributed by atoms with Gasteiger partial charge in [-0.05, 0) is 119 Å². The van der Waals surface area contributed by atoms with Crippen molar-refractivity contribution in [3.63, 3.8) is 0 Å². The molecule has 0 radical (unpaired) electrons. The van der Waals surface area contributed by atoms with E-state index in [1.165, 1.54) is 94.0 Å². The van der Waals surface area contributed by atoms with Crippen LogP contribution in [0.3, 0.4) is 0 Å². The van der Waals surface area contributed by atoms with Crippen LogP contribution in [0.2, 0.25) is 0 Å². The average Bonchev–Trinajstić information content (AvgIpc) is 3.55. The van der Waals surface area contributed by atoms with Crippen LogP contribution < -0.4 is 4.90 Å². The normalized spacial score (nSPS) is 12.6. The smallest absolute Gasteiger partial charge is 0.0543 e. The summed E-state index contributed by atoms with van der Waals surface area (Å²) in [6.07, 6.45) is 0. The lowest BCUT2D eigenvalue weighted by Crippen LogP contribution is -2.16. The zero-order chi connectivity index (χ0) is 40.2. The van der Waals surface area contributed by atoms with E-state index in [2.05, 4.69) is 243 Å². The molecule has 0 saturated heterocycles. The minimum atomic E-state index is -0.0987. The zero-order valence-electron chi connectivity index (χ0n) is 33.8. The van der Waals surface area contributed by atoms with Crippen LogP contribution in [0.1, 0.15) is 25.0 Å². The molecule has 0 N–H and O–H groups in total. The van der Waals surface area contributed by atoms with Crippen LogP contribution in [0, 0.1) is 0 Å². The predicted octanol–water partition coefficient (Wildman–Crippen LogP) is 16.4. The first-order chi connectivity index (χ1) is 29.5. The second-order valence-corrected chi connectivity index (χ2v) is 16.5. The standard InChI is InChI=1S/C59H43N/c1-59(2)55-18-8-7-16-54(55)58-56(59)19-10-20-57(58)60(50-35-31-43(32-36-50)41-21-23-45(24-22-41)49-30-27-40-11-3-4-13-48(40)39-49)51-37-33-44(34-38-51)42-25-28-47(29-26-42)53-17-9-14-46-12-5-6-15-52(46)53/h3-39H,1-2H3. The maximum Gasteiger partial charge on any atom is 0.0543 e. The van der Waals surface area contributed by atoms with E-state index in [9.17, 15) is 0 Å². The van der Waals surface area contributed by atoms with Gasteiger partial charge in [0.2, 0.25) is 0 Å². The molecule has 60 heavy (non-hydrogen) atoms. The van der Waals surface area contributed by atoms with Gasteiger partial charge in [0, 0.05) is 22.4 Å². The van der Waals surface area contributed by atoms with E-state index in [1.807, 2.05) is 0 Å². The van der Waals surface area contributed by atoms with Crippen LogP contribution in [0.4, 0.5) is 17.1 Å². The van der Waals surface area contributed by atoms with Crippen molar-refractivity contribution in [2.45, 2.75) is 19.3 Å². The lowest BCUT2D eigenvalue weighted by atomic mass is 9.82. The third-order valence-corrected chi connectivity index (χ3v) is 12.7. The molecule has 0 aromatic heterocycles. The van der Waals surface area contributed by atoms with E-state index in [0.717, 1.165) is 11.4 Å². The molecule has 1 aliphatic rings. The SMILES string of the molecule is CC1(C)c2ccccc2-c2c(N(c3ccc(-c4ccc(-c5ccc6ccccc6c5)cc4)cc3)c3ccc(-c4ccc(-c5cccc6ccccc56)cc4)cc3)cccc21. The number of hydrogen-bond donors (Lipinski definition) is 0. The first-order valence-electron chi connectivity index (χ1n) is 20.9. The summed E-state index contributed by atoms with van der Waals surface area (Å²) in [5.41, 5.74) is 18.4. The third-order valence-electron chi connectivity index (χ3n) is 12.7. The molecule has 10 aromatic rings. The van der Waals surface area contributed by atoms with Gasteiger partial charge in [-0.3, -0.25) is 0 Å². The minimum Gasteiger partial charge on any atom is -0.310 e. The van der Waals surface area contributed by atoms with Crippen LogP contribution in [0.15, 0.2) is 224 Å². The molecular formula is C59H43N.